The molecule has 0 heterocycles. The average Bonchev–Trinajstić information content (AvgIpc) is 1.85. The molecule has 12 heavy (non-hydrogen) atoms. The van der Waals surface area contributed by atoms with Crippen LogP contribution in [0.4, 0.5) is 0 Å². The molecule has 0 aromatic carbocycles. The number of carbonyl (C=O) groups is 1. The van der Waals surface area contributed by atoms with Crippen LogP contribution >= 0.6 is 8.25 Å². The minimum atomic E-state index is -2.39. The molecule has 1 atom stereocenters. The molecule has 0 rings (SSSR count). The Hall–Kier alpha value is -0.770. The van der Waals surface area contributed by atoms with Gasteiger partial charge in [0.2, 0.25) is 0 Å². The first-order valence-electron chi connectivity index (χ1n) is 3.08. The molecule has 0 aromatic heterocycles. The van der Waals surface area contributed by atoms with Crippen molar-refractivity contribution < 1.29 is 23.9 Å². The molecule has 0 aliphatic heterocycles. The van der Waals surface area contributed by atoms with Gasteiger partial charge in [-0.1, -0.05) is 6.58 Å². The fourth-order valence-corrected chi connectivity index (χ4v) is 0.541. The molecular formula is C6H12O5P+. The fourth-order valence-electron chi connectivity index (χ4n) is 0.180. The van der Waals surface area contributed by atoms with Gasteiger partial charge in [-0.2, -0.15) is 0 Å². The fraction of sp³-hybridized carbons (Fsp3) is 0.500. The van der Waals surface area contributed by atoms with E-state index in [0.717, 1.165) is 6.08 Å². The van der Waals surface area contributed by atoms with Gasteiger partial charge in [-0.25, -0.2) is 4.79 Å². The number of carboxylic acid groups (broad SMARTS) is 1. The molecular weight excluding hydrogens is 183 g/mol. The van der Waals surface area contributed by atoms with Crippen molar-refractivity contribution in [2.45, 2.75) is 20.0 Å². The van der Waals surface area contributed by atoms with Crippen molar-refractivity contribution in [2.75, 3.05) is 0 Å². The van der Waals surface area contributed by atoms with Gasteiger partial charge in [-0.15, -0.1) is 9.42 Å². The maximum absolute atomic E-state index is 9.74. The number of rotatable bonds is 3. The van der Waals surface area contributed by atoms with Gasteiger partial charge >= 0.3 is 14.2 Å². The van der Waals surface area contributed by atoms with Crippen LogP contribution in [0, 0.1) is 0 Å². The van der Waals surface area contributed by atoms with Crippen LogP contribution in [-0.2, 0) is 13.9 Å². The summed E-state index contributed by atoms with van der Waals surface area (Å²) in [5, 5.41) is 7.60. The Morgan fingerprint density at radius 1 is 1.67 bits per heavy atom. The Bertz CT molecular complexity index is 165. The predicted octanol–water partition coefficient (Wildman–Crippen LogP) is 1.32. The highest BCUT2D eigenvalue weighted by Gasteiger charge is 2.13. The van der Waals surface area contributed by atoms with Gasteiger partial charge in [0, 0.05) is 10.6 Å². The monoisotopic (exact) mass is 195 g/mol. The summed E-state index contributed by atoms with van der Waals surface area (Å²) < 4.78 is 14.1. The normalized spacial score (nSPS) is 9.83. The molecule has 0 aromatic rings. The molecule has 6 heteroatoms. The summed E-state index contributed by atoms with van der Waals surface area (Å²) in [6.45, 7) is 6.36. The summed E-state index contributed by atoms with van der Waals surface area (Å²) in [4.78, 5) is 17.3. The first-order valence-corrected chi connectivity index (χ1v) is 4.21. The third-order valence-electron chi connectivity index (χ3n) is 0.476. The zero-order valence-corrected chi connectivity index (χ0v) is 7.82. The van der Waals surface area contributed by atoms with Crippen LogP contribution in [0.2, 0.25) is 0 Å². The van der Waals surface area contributed by atoms with Crippen LogP contribution in [0.15, 0.2) is 12.7 Å². The SMILES string of the molecule is C=CC(=O)O.CC(C)O[P+](=O)O. The van der Waals surface area contributed by atoms with E-state index in [1.165, 1.54) is 0 Å². The van der Waals surface area contributed by atoms with Crippen LogP contribution in [-0.4, -0.2) is 22.1 Å². The standard InChI is InChI=1S/C3H7O3P.C3H4O2/c1-3(2)6-7(4)5;1-2-3(4)5/h3H,1-2H3;2H,1H2,(H,4,5)/p+1. The van der Waals surface area contributed by atoms with Crippen LogP contribution in [0.5, 0.6) is 0 Å². The van der Waals surface area contributed by atoms with E-state index < -0.39 is 14.2 Å². The first-order chi connectivity index (χ1) is 5.40. The Labute approximate surface area is 71.6 Å². The minimum absolute atomic E-state index is 0.159. The third-order valence-corrected chi connectivity index (χ3v) is 1.08. The zero-order valence-electron chi connectivity index (χ0n) is 6.93. The van der Waals surface area contributed by atoms with Gasteiger partial charge < -0.3 is 5.11 Å². The highest BCUT2D eigenvalue weighted by molar-refractivity contribution is 7.32. The maximum atomic E-state index is 9.74. The van der Waals surface area contributed by atoms with E-state index in [0.29, 0.717) is 0 Å². The second kappa shape index (κ2) is 8.33. The van der Waals surface area contributed by atoms with Crippen molar-refractivity contribution in [1.29, 1.82) is 0 Å². The molecule has 0 bridgehead atoms. The lowest BCUT2D eigenvalue weighted by Crippen LogP contribution is -1.92. The lowest BCUT2D eigenvalue weighted by molar-refractivity contribution is -0.131. The topological polar surface area (TPSA) is 83.8 Å². The van der Waals surface area contributed by atoms with Crippen molar-refractivity contribution >= 4 is 14.2 Å². The van der Waals surface area contributed by atoms with Gasteiger partial charge in [-0.3, -0.25) is 0 Å². The van der Waals surface area contributed by atoms with E-state index in [4.69, 9.17) is 10.00 Å². The summed E-state index contributed by atoms with van der Waals surface area (Å²) in [6.07, 6.45) is 0.675. The lowest BCUT2D eigenvalue weighted by Gasteiger charge is -1.85. The minimum Gasteiger partial charge on any atom is -0.478 e. The van der Waals surface area contributed by atoms with Crippen LogP contribution in [0.1, 0.15) is 13.8 Å². The summed E-state index contributed by atoms with van der Waals surface area (Å²) in [7, 11) is -2.39. The van der Waals surface area contributed by atoms with Crippen LogP contribution in [0.25, 0.3) is 0 Å². The third kappa shape index (κ3) is 22.9. The second-order valence-electron chi connectivity index (χ2n) is 1.93. The zero-order chi connectivity index (χ0) is 10.1. The Balaban J connectivity index is 0. The molecule has 0 aliphatic rings. The second-order valence-corrected chi connectivity index (χ2v) is 2.62. The van der Waals surface area contributed by atoms with Gasteiger partial charge in [0.25, 0.3) is 0 Å². The number of hydrogen-bond acceptors (Lipinski definition) is 3. The van der Waals surface area contributed by atoms with Crippen molar-refractivity contribution in [1.82, 2.24) is 0 Å². The average molecular weight is 195 g/mol. The van der Waals surface area contributed by atoms with E-state index in [9.17, 15) is 9.36 Å². The van der Waals surface area contributed by atoms with E-state index in [2.05, 4.69) is 11.1 Å². The predicted molar refractivity (Wildman–Crippen MR) is 43.9 cm³/mol. The van der Waals surface area contributed by atoms with Crippen LogP contribution in [0.3, 0.4) is 0 Å². The molecule has 0 saturated carbocycles. The van der Waals surface area contributed by atoms with E-state index in [-0.39, 0.29) is 6.10 Å². The van der Waals surface area contributed by atoms with Gasteiger partial charge in [0.15, 0.2) is 0 Å². The molecule has 70 valence electrons. The highest BCUT2D eigenvalue weighted by Crippen LogP contribution is 2.16. The smallest absolute Gasteiger partial charge is 0.478 e. The molecule has 2 N–H and O–H groups in total. The van der Waals surface area contributed by atoms with E-state index >= 15 is 0 Å². The van der Waals surface area contributed by atoms with Crippen molar-refractivity contribution in [3.05, 3.63) is 12.7 Å². The number of aliphatic carboxylic acids is 1. The molecule has 5 nitrogen and oxygen atoms in total. The van der Waals surface area contributed by atoms with Crippen molar-refractivity contribution in [2.24, 2.45) is 0 Å². The lowest BCUT2D eigenvalue weighted by atomic mass is 10.5. The van der Waals surface area contributed by atoms with Crippen LogP contribution < -0.4 is 0 Å². The molecule has 0 aliphatic carbocycles. The van der Waals surface area contributed by atoms with Gasteiger partial charge in [0.05, 0.1) is 0 Å². The number of hydrogen-bond donors (Lipinski definition) is 2. The largest absolute Gasteiger partial charge is 0.694 e. The molecule has 1 unspecified atom stereocenters. The van der Waals surface area contributed by atoms with Crippen molar-refractivity contribution in [3.8, 4) is 0 Å². The molecule has 0 amide bonds. The molecule has 0 saturated heterocycles. The van der Waals surface area contributed by atoms with E-state index in [1.54, 1.807) is 13.8 Å². The number of carboxylic acids is 1. The van der Waals surface area contributed by atoms with Gasteiger partial charge in [-0.05, 0) is 13.8 Å². The van der Waals surface area contributed by atoms with Crippen molar-refractivity contribution in [3.63, 3.8) is 0 Å². The molecule has 0 radical (unpaired) electrons. The maximum Gasteiger partial charge on any atom is 0.694 e. The highest BCUT2D eigenvalue weighted by atomic mass is 31.1. The summed E-state index contributed by atoms with van der Waals surface area (Å²) >= 11 is 0. The summed E-state index contributed by atoms with van der Waals surface area (Å²) in [6, 6.07) is 0. The Kier molecular flexibility index (Phi) is 9.57. The quantitative estimate of drug-likeness (QED) is 0.524. The first kappa shape index (κ1) is 13.8. The van der Waals surface area contributed by atoms with E-state index in [1.807, 2.05) is 0 Å². The summed E-state index contributed by atoms with van der Waals surface area (Å²) in [5.74, 6) is -0.981. The molecule has 0 spiro atoms. The van der Waals surface area contributed by atoms with Gasteiger partial charge in [0.1, 0.15) is 6.10 Å². The summed E-state index contributed by atoms with van der Waals surface area (Å²) in [5.41, 5.74) is 0. The Morgan fingerprint density at radius 2 is 2.00 bits per heavy atom. The molecule has 0 fully saturated rings. The Morgan fingerprint density at radius 3 is 2.00 bits per heavy atom.